The molecule has 0 aliphatic carbocycles. The van der Waals surface area contributed by atoms with Crippen molar-refractivity contribution in [3.05, 3.63) is 92.7 Å². The number of non-ortho nitro benzene ring substituents is 1. The number of amides is 2. The molecule has 9 nitrogen and oxygen atoms in total. The summed E-state index contributed by atoms with van der Waals surface area (Å²) in [5.41, 5.74) is 1.01. The molecule has 2 fully saturated rings. The first-order chi connectivity index (χ1) is 16.8. The summed E-state index contributed by atoms with van der Waals surface area (Å²) in [6.07, 6.45) is -1.17. The predicted octanol–water partition coefficient (Wildman–Crippen LogP) is 4.56. The Balaban J connectivity index is 1.61. The summed E-state index contributed by atoms with van der Waals surface area (Å²) in [7, 11) is 1.52. The van der Waals surface area contributed by atoms with Crippen LogP contribution in [-0.4, -0.2) is 30.0 Å². The van der Waals surface area contributed by atoms with Gasteiger partial charge in [0.05, 0.1) is 33.9 Å². The number of anilines is 2. The number of methoxy groups -OCH3 is 1. The summed E-state index contributed by atoms with van der Waals surface area (Å²) < 4.78 is 19.3. The molecule has 3 aromatic carbocycles. The summed E-state index contributed by atoms with van der Waals surface area (Å²) in [5.74, 6) is -2.00. The van der Waals surface area contributed by atoms with Gasteiger partial charge in [-0.2, -0.15) is 0 Å². The number of halogens is 2. The lowest BCUT2D eigenvalue weighted by Crippen LogP contribution is -2.37. The van der Waals surface area contributed by atoms with E-state index in [2.05, 4.69) is 15.9 Å². The molecule has 2 aliphatic rings. The Bertz CT molecular complexity index is 1350. The van der Waals surface area contributed by atoms with E-state index in [0.717, 1.165) is 4.90 Å². The zero-order valence-corrected chi connectivity index (χ0v) is 19.7. The van der Waals surface area contributed by atoms with Gasteiger partial charge in [-0.3, -0.25) is 24.5 Å². The number of fused-ring (bicyclic) bond motifs is 1. The third-order valence-corrected chi connectivity index (χ3v) is 6.63. The molecule has 0 N–H and O–H groups in total. The monoisotopic (exact) mass is 541 g/mol. The van der Waals surface area contributed by atoms with Gasteiger partial charge in [0.15, 0.2) is 6.10 Å². The maximum atomic E-state index is 13.6. The van der Waals surface area contributed by atoms with Crippen LogP contribution in [0.2, 0.25) is 0 Å². The highest BCUT2D eigenvalue weighted by Crippen LogP contribution is 2.48. The average molecular weight is 542 g/mol. The molecule has 0 radical (unpaired) electrons. The van der Waals surface area contributed by atoms with Crippen LogP contribution in [0.25, 0.3) is 0 Å². The fourth-order valence-corrected chi connectivity index (χ4v) is 4.99. The standard InChI is InChI=1S/C24H17BrFN3O6/c1-34-19-10-5-13(11-18(19)25)21-20-22(35-28(21)16-3-2-4-17(12-16)29(32)33)24(31)27(23(20)30)15-8-6-14(26)7-9-15/h2-12,20-22H,1H3/t20-,21+,22+/m0/s1. The van der Waals surface area contributed by atoms with Crippen LogP contribution in [0.3, 0.4) is 0 Å². The highest BCUT2D eigenvalue weighted by atomic mass is 79.9. The molecule has 35 heavy (non-hydrogen) atoms. The van der Waals surface area contributed by atoms with Crippen molar-refractivity contribution in [3.8, 4) is 5.75 Å². The lowest BCUT2D eigenvalue weighted by atomic mass is 9.90. The molecule has 2 heterocycles. The quantitative estimate of drug-likeness (QED) is 0.265. The average Bonchev–Trinajstić information content (AvgIpc) is 3.36. The molecule has 3 aromatic rings. The van der Waals surface area contributed by atoms with Crippen molar-refractivity contribution in [1.29, 1.82) is 0 Å². The van der Waals surface area contributed by atoms with E-state index in [0.29, 0.717) is 21.5 Å². The fourth-order valence-electron chi connectivity index (χ4n) is 4.43. The number of hydrogen-bond acceptors (Lipinski definition) is 7. The van der Waals surface area contributed by atoms with Gasteiger partial charge in [0.25, 0.3) is 11.6 Å². The normalized spacial score (nSPS) is 21.4. The second-order valence-electron chi connectivity index (χ2n) is 7.98. The summed E-state index contributed by atoms with van der Waals surface area (Å²) in [4.78, 5) is 44.7. The van der Waals surface area contributed by atoms with Crippen molar-refractivity contribution < 1.29 is 28.5 Å². The van der Waals surface area contributed by atoms with Crippen molar-refractivity contribution in [2.45, 2.75) is 12.1 Å². The molecular formula is C24H17BrFN3O6. The summed E-state index contributed by atoms with van der Waals surface area (Å²) in [5, 5.41) is 12.7. The van der Waals surface area contributed by atoms with E-state index in [1.165, 1.54) is 54.6 Å². The molecule has 0 saturated carbocycles. The molecule has 2 saturated heterocycles. The van der Waals surface area contributed by atoms with Gasteiger partial charge in [0, 0.05) is 12.1 Å². The molecule has 178 valence electrons. The van der Waals surface area contributed by atoms with Crippen LogP contribution in [0, 0.1) is 21.8 Å². The van der Waals surface area contributed by atoms with Crippen molar-refractivity contribution in [1.82, 2.24) is 0 Å². The van der Waals surface area contributed by atoms with Gasteiger partial charge in [-0.05, 0) is 64.0 Å². The number of imide groups is 1. The Morgan fingerprint density at radius 2 is 1.77 bits per heavy atom. The second kappa shape index (κ2) is 8.75. The number of carbonyl (C=O) groups is 2. The number of benzene rings is 3. The van der Waals surface area contributed by atoms with E-state index in [9.17, 15) is 24.1 Å². The van der Waals surface area contributed by atoms with Crippen LogP contribution in [0.4, 0.5) is 21.5 Å². The minimum atomic E-state index is -1.17. The molecule has 2 amide bonds. The van der Waals surface area contributed by atoms with Gasteiger partial charge in [-0.1, -0.05) is 12.1 Å². The van der Waals surface area contributed by atoms with Crippen molar-refractivity contribution in [3.63, 3.8) is 0 Å². The van der Waals surface area contributed by atoms with Crippen LogP contribution in [0.15, 0.2) is 71.2 Å². The van der Waals surface area contributed by atoms with Crippen LogP contribution >= 0.6 is 15.9 Å². The topological polar surface area (TPSA) is 102 Å². The third-order valence-electron chi connectivity index (χ3n) is 6.01. The molecular weight excluding hydrogens is 525 g/mol. The van der Waals surface area contributed by atoms with E-state index >= 15 is 0 Å². The number of carbonyl (C=O) groups excluding carboxylic acids is 2. The molecule has 0 bridgehead atoms. The van der Waals surface area contributed by atoms with Crippen molar-refractivity contribution in [2.75, 3.05) is 17.1 Å². The first-order valence-electron chi connectivity index (χ1n) is 10.5. The summed E-state index contributed by atoms with van der Waals surface area (Å²) in [6, 6.07) is 15.2. The third kappa shape index (κ3) is 3.82. The lowest BCUT2D eigenvalue weighted by Gasteiger charge is -2.29. The van der Waals surface area contributed by atoms with Crippen LogP contribution < -0.4 is 14.7 Å². The molecule has 0 aromatic heterocycles. The fraction of sp³-hybridized carbons (Fsp3) is 0.167. The summed E-state index contributed by atoms with van der Waals surface area (Å²) >= 11 is 3.44. The maximum Gasteiger partial charge on any atom is 0.271 e. The van der Waals surface area contributed by atoms with E-state index < -0.39 is 40.6 Å². The minimum absolute atomic E-state index is 0.164. The van der Waals surface area contributed by atoms with Crippen molar-refractivity contribution >= 4 is 44.8 Å². The van der Waals surface area contributed by atoms with Crippen molar-refractivity contribution in [2.24, 2.45) is 5.92 Å². The van der Waals surface area contributed by atoms with Gasteiger partial charge in [-0.15, -0.1) is 0 Å². The number of hydrogen-bond donors (Lipinski definition) is 0. The number of nitrogens with zero attached hydrogens (tertiary/aromatic N) is 3. The predicted molar refractivity (Wildman–Crippen MR) is 126 cm³/mol. The number of nitro benzene ring substituents is 1. The first-order valence-corrected chi connectivity index (χ1v) is 11.3. The van der Waals surface area contributed by atoms with Gasteiger partial charge >= 0.3 is 0 Å². The van der Waals surface area contributed by atoms with Crippen LogP contribution in [0.5, 0.6) is 5.75 Å². The SMILES string of the molecule is COc1ccc([C@@H]2[C@@H]3C(=O)N(c4ccc(F)cc4)C(=O)[C@@H]3ON2c2cccc([N+](=O)[O-])c2)cc1Br. The number of rotatable bonds is 5. The van der Waals surface area contributed by atoms with Gasteiger partial charge < -0.3 is 4.74 Å². The first kappa shape index (κ1) is 22.9. The van der Waals surface area contributed by atoms with Gasteiger partial charge in [0.2, 0.25) is 5.91 Å². The second-order valence-corrected chi connectivity index (χ2v) is 8.84. The van der Waals surface area contributed by atoms with E-state index in [1.807, 2.05) is 0 Å². The molecule has 0 spiro atoms. The number of hydroxylamine groups is 1. The molecule has 11 heteroatoms. The molecule has 5 rings (SSSR count). The van der Waals surface area contributed by atoms with E-state index in [1.54, 1.807) is 24.3 Å². The molecule has 2 aliphatic heterocycles. The Labute approximate surface area is 206 Å². The Kier molecular flexibility index (Phi) is 5.73. The lowest BCUT2D eigenvalue weighted by molar-refractivity contribution is -0.384. The van der Waals surface area contributed by atoms with Gasteiger partial charge in [-0.25, -0.2) is 14.4 Å². The van der Waals surface area contributed by atoms with Gasteiger partial charge in [0.1, 0.15) is 17.5 Å². The Morgan fingerprint density at radius 3 is 2.43 bits per heavy atom. The molecule has 3 atom stereocenters. The van der Waals surface area contributed by atoms with E-state index in [-0.39, 0.29) is 11.4 Å². The van der Waals surface area contributed by atoms with E-state index in [4.69, 9.17) is 9.57 Å². The minimum Gasteiger partial charge on any atom is -0.496 e. The smallest absolute Gasteiger partial charge is 0.271 e. The number of ether oxygens (including phenoxy) is 1. The Hall–Kier alpha value is -3.83. The largest absolute Gasteiger partial charge is 0.496 e. The summed E-state index contributed by atoms with van der Waals surface area (Å²) in [6.45, 7) is 0. The zero-order chi connectivity index (χ0) is 24.9. The maximum absolute atomic E-state index is 13.6. The number of nitro groups is 1. The Morgan fingerprint density at radius 1 is 1.03 bits per heavy atom. The highest BCUT2D eigenvalue weighted by Gasteiger charge is 2.60. The highest BCUT2D eigenvalue weighted by molar-refractivity contribution is 9.10. The van der Waals surface area contributed by atoms with Crippen LogP contribution in [0.1, 0.15) is 11.6 Å². The van der Waals surface area contributed by atoms with Crippen LogP contribution in [-0.2, 0) is 14.4 Å². The molecule has 0 unspecified atom stereocenters. The zero-order valence-electron chi connectivity index (χ0n) is 18.1.